The average molecular weight is 1290 g/mol. The largest absolute Gasteiger partial charge is 1.00 e. The minimum absolute atomic E-state index is 0. The van der Waals surface area contributed by atoms with E-state index in [0.717, 1.165) is 82.8 Å². The number of aryl methyl sites for hydroxylation is 2. The number of aromatic nitrogens is 10. The maximum Gasteiger partial charge on any atom is 1.00 e. The monoisotopic (exact) mass is 1290 g/mol. The molecule has 0 saturated carbocycles. The van der Waals surface area contributed by atoms with E-state index in [1.165, 1.54) is 21.3 Å². The number of carboxylic acids is 1. The van der Waals surface area contributed by atoms with Crippen LogP contribution in [0.3, 0.4) is 0 Å². The average Bonchev–Trinajstić information content (AvgIpc) is 1.65. The molecule has 464 valence electrons. The summed E-state index contributed by atoms with van der Waals surface area (Å²) < 4.78 is 26.4. The van der Waals surface area contributed by atoms with E-state index in [0.29, 0.717) is 92.4 Å². The second-order valence-electron chi connectivity index (χ2n) is 20.6. The number of nitrogen functional groups attached to an aromatic ring is 1. The van der Waals surface area contributed by atoms with Crippen molar-refractivity contribution in [3.05, 3.63) is 218 Å². The number of aromatic carboxylic acids is 1. The summed E-state index contributed by atoms with van der Waals surface area (Å²) in [6, 6.07) is 36.2. The number of fused-ring (bicyclic) bond motifs is 6. The van der Waals surface area contributed by atoms with Crippen LogP contribution in [0.4, 0.5) is 5.82 Å². The van der Waals surface area contributed by atoms with E-state index in [2.05, 4.69) is 46.3 Å². The van der Waals surface area contributed by atoms with Gasteiger partial charge in [0, 0.05) is 103 Å². The Bertz CT molecular complexity index is 4910. The van der Waals surface area contributed by atoms with Crippen LogP contribution in [0.15, 0.2) is 152 Å². The van der Waals surface area contributed by atoms with E-state index >= 15 is 0 Å². The molecule has 0 saturated heterocycles. The number of hydrogen-bond acceptors (Lipinski definition) is 16. The molecule has 22 nitrogen and oxygen atoms in total. The fourth-order valence-corrected chi connectivity index (χ4v) is 11.0. The summed E-state index contributed by atoms with van der Waals surface area (Å²) in [5, 5.41) is 17.1. The third-order valence-corrected chi connectivity index (χ3v) is 15.4. The van der Waals surface area contributed by atoms with Gasteiger partial charge in [-0.1, -0.05) is 53.0 Å². The molecule has 0 bridgehead atoms. The first-order valence-corrected chi connectivity index (χ1v) is 28.7. The first-order valence-electron chi connectivity index (χ1n) is 27.5. The quantitative estimate of drug-likeness (QED) is 0.0676. The van der Waals surface area contributed by atoms with Gasteiger partial charge in [0.05, 0.1) is 82.2 Å². The summed E-state index contributed by atoms with van der Waals surface area (Å²) in [6.45, 7) is 5.77. The molecule has 1 amide bonds. The molecule has 26 heteroatoms. The van der Waals surface area contributed by atoms with E-state index in [-0.39, 0.29) is 41.3 Å². The number of carbonyl (C=O) groups is 3. The Labute approximate surface area is 552 Å². The van der Waals surface area contributed by atoms with Crippen LogP contribution < -0.4 is 44.1 Å². The molecule has 3 aromatic carbocycles. The van der Waals surface area contributed by atoms with E-state index in [9.17, 15) is 19.5 Å². The minimum Gasteiger partial charge on any atom is -0.870 e. The zero-order valence-electron chi connectivity index (χ0n) is 50.7. The number of benzene rings is 3. The standard InChI is InChI=1S/C27H25ClN6O2.C20H16ClN3O3.C19H14ClN3O3.Li.2H2O/c1-15-8-24(29)32-16(2)20(15)12-31-27(35)21-14-34(23-6-7-25(36-3)33-26(21)23)13-17-4-5-22-18(9-17)10-19(28)11-30-22;1-26-18-6-5-17-19(23-18)15(20(25)27-2)11-24(17)10-12-3-4-16-13(7-12)8-14(21)9-22-16;1-26-17-5-4-16-18(22-17)14(19(24)25)10-23(16)9-11-2-3-15-12(6-11)7-13(20)8-21-15;;;/h4-11,14H,12-13H2,1-3H3,(H2,29,32)(H,31,35);3-9,11H,10H2,1-2H3;2-8,10H,9H2,1H3,(H,24,25);;2*1H2/q;;;+1;;/p-1. The number of nitrogens with one attached hydrogen (secondary N) is 1. The van der Waals surface area contributed by atoms with Gasteiger partial charge >= 0.3 is 30.8 Å². The molecule has 0 atom stereocenters. The summed E-state index contributed by atoms with van der Waals surface area (Å²) in [5.74, 6) is 0.0324. The van der Waals surface area contributed by atoms with Crippen molar-refractivity contribution in [2.45, 2.75) is 40.0 Å². The normalized spacial score (nSPS) is 10.8. The Morgan fingerprint density at radius 1 is 0.533 bits per heavy atom. The second-order valence-corrected chi connectivity index (χ2v) is 21.9. The first kappa shape index (κ1) is 68.0. The second kappa shape index (κ2) is 29.4. The van der Waals surface area contributed by atoms with E-state index < -0.39 is 11.9 Å². The van der Waals surface area contributed by atoms with Crippen LogP contribution in [0.25, 0.3) is 65.8 Å². The van der Waals surface area contributed by atoms with E-state index in [4.69, 9.17) is 59.5 Å². The third-order valence-electron chi connectivity index (χ3n) is 14.8. The number of methoxy groups -OCH3 is 4. The van der Waals surface area contributed by atoms with Crippen molar-refractivity contribution < 1.29 is 68.3 Å². The van der Waals surface area contributed by atoms with Gasteiger partial charge in [0.2, 0.25) is 17.6 Å². The number of nitrogens with zero attached hydrogens (tertiary/aromatic N) is 10. The SMILES string of the molecule is COC(=O)c1cn(Cc2ccc3ncc(Cl)cc3c2)c2ccc(OC)nc12.COc1ccc2c(n1)c(C(=O)NCc1c(C)cc(N)nc1C)cn2Cc1ccc2ncc(Cl)cc2c1.COc1ccc2c(n1)c(C(=O)O)cn2Cc1ccc2ncc(Cl)cc2c1.O.[Li+].[OH-]. The number of ether oxygens (including phenoxy) is 4. The van der Waals surface area contributed by atoms with Crippen LogP contribution in [-0.4, -0.2) is 111 Å². The van der Waals surface area contributed by atoms with Crippen molar-refractivity contribution in [2.24, 2.45) is 0 Å². The Kier molecular flexibility index (Phi) is 21.7. The number of amides is 1. The van der Waals surface area contributed by atoms with Crippen molar-refractivity contribution in [2.75, 3.05) is 34.2 Å². The predicted molar refractivity (Wildman–Crippen MR) is 350 cm³/mol. The summed E-state index contributed by atoms with van der Waals surface area (Å²) in [5.41, 5.74) is 19.2. The molecule has 0 spiro atoms. The van der Waals surface area contributed by atoms with Gasteiger partial charge in [-0.15, -0.1) is 0 Å². The van der Waals surface area contributed by atoms with Gasteiger partial charge in [-0.05, 0) is 121 Å². The minimum atomic E-state index is -1.02. The van der Waals surface area contributed by atoms with Crippen LogP contribution in [0, 0.1) is 13.8 Å². The zero-order chi connectivity index (χ0) is 62.6. The summed E-state index contributed by atoms with van der Waals surface area (Å²) in [7, 11) is 5.95. The predicted octanol–water partition coefficient (Wildman–Crippen LogP) is 8.90. The maximum absolute atomic E-state index is 13.3. The van der Waals surface area contributed by atoms with Crippen LogP contribution in [0.1, 0.15) is 64.6 Å². The number of anilines is 1. The van der Waals surface area contributed by atoms with Crippen LogP contribution in [0.2, 0.25) is 15.1 Å². The molecule has 0 unspecified atom stereocenters. The molecule has 13 aromatic rings. The van der Waals surface area contributed by atoms with Crippen LogP contribution >= 0.6 is 34.8 Å². The zero-order valence-corrected chi connectivity index (χ0v) is 53.0. The van der Waals surface area contributed by atoms with Crippen LogP contribution in [-0.2, 0) is 30.9 Å². The van der Waals surface area contributed by atoms with Gasteiger partial charge < -0.3 is 59.8 Å². The topological polar surface area (TPSA) is 313 Å². The molecule has 0 aliphatic heterocycles. The molecule has 0 aliphatic carbocycles. The number of carboxylic acid groups (broad SMARTS) is 1. The molecular formula is C66H58Cl3LiN12O10. The molecule has 0 fully saturated rings. The number of halogens is 3. The maximum atomic E-state index is 13.3. The Balaban J connectivity index is 0.000000178. The number of rotatable bonds is 14. The fourth-order valence-electron chi connectivity index (χ4n) is 10.5. The molecule has 10 aromatic heterocycles. The van der Waals surface area contributed by atoms with Crippen molar-refractivity contribution in [3.63, 3.8) is 0 Å². The van der Waals surface area contributed by atoms with Gasteiger partial charge in [-0.2, -0.15) is 0 Å². The summed E-state index contributed by atoms with van der Waals surface area (Å²) in [6.07, 6.45) is 10.1. The smallest absolute Gasteiger partial charge is 0.870 e. The Morgan fingerprint density at radius 2 is 0.913 bits per heavy atom. The number of esters is 1. The number of carbonyl (C=O) groups excluding carboxylic acids is 2. The van der Waals surface area contributed by atoms with Crippen LogP contribution in [0.5, 0.6) is 17.6 Å². The number of hydrogen-bond donors (Lipinski definition) is 3. The van der Waals surface area contributed by atoms with Gasteiger partial charge in [0.25, 0.3) is 5.91 Å². The number of nitrogens with two attached hydrogens (primary N) is 1. The molecule has 13 rings (SSSR count). The molecule has 92 heavy (non-hydrogen) atoms. The van der Waals surface area contributed by atoms with Crippen molar-refractivity contribution in [1.29, 1.82) is 0 Å². The molecule has 0 aliphatic rings. The first-order chi connectivity index (χ1) is 42.9. The van der Waals surface area contributed by atoms with Gasteiger partial charge in [-0.25, -0.2) is 29.5 Å². The third kappa shape index (κ3) is 14.8. The van der Waals surface area contributed by atoms with E-state index in [1.807, 2.05) is 119 Å². The molecule has 7 N–H and O–H groups in total. The van der Waals surface area contributed by atoms with Crippen molar-refractivity contribution in [1.82, 2.24) is 53.9 Å². The summed E-state index contributed by atoms with van der Waals surface area (Å²) in [4.78, 5) is 67.6. The Hall–Kier alpha value is -9.89. The molecule has 0 radical (unpaired) electrons. The molecular weight excluding hydrogens is 1230 g/mol. The van der Waals surface area contributed by atoms with Crippen molar-refractivity contribution >= 4 is 124 Å². The summed E-state index contributed by atoms with van der Waals surface area (Å²) >= 11 is 18.2. The number of pyridine rings is 7. The van der Waals surface area contributed by atoms with Gasteiger partial charge in [0.1, 0.15) is 33.5 Å². The fraction of sp³-hybridized carbons (Fsp3) is 0.152. The molecule has 10 heterocycles. The Morgan fingerprint density at radius 3 is 1.29 bits per heavy atom. The van der Waals surface area contributed by atoms with Gasteiger partial charge in [0.15, 0.2) is 0 Å². The van der Waals surface area contributed by atoms with Gasteiger partial charge in [-0.3, -0.25) is 19.7 Å². The van der Waals surface area contributed by atoms with Crippen molar-refractivity contribution in [3.8, 4) is 17.6 Å². The van der Waals surface area contributed by atoms with E-state index in [1.54, 1.807) is 62.4 Å².